The minimum absolute atomic E-state index is 0.0422. The van der Waals surface area contributed by atoms with Gasteiger partial charge in [0.1, 0.15) is 17.8 Å². The fourth-order valence-corrected chi connectivity index (χ4v) is 3.55. The van der Waals surface area contributed by atoms with Crippen molar-refractivity contribution in [2.75, 3.05) is 20.8 Å². The first kappa shape index (κ1) is 23.9. The van der Waals surface area contributed by atoms with Crippen LogP contribution in [0.15, 0.2) is 30.6 Å². The van der Waals surface area contributed by atoms with Crippen LogP contribution in [0.1, 0.15) is 29.4 Å². The fourth-order valence-electron chi connectivity index (χ4n) is 3.55. The van der Waals surface area contributed by atoms with Crippen LogP contribution in [-0.2, 0) is 25.5 Å². The molecule has 2 atom stereocenters. The minimum Gasteiger partial charge on any atom is -0.469 e. The van der Waals surface area contributed by atoms with E-state index < -0.39 is 48.6 Å². The molecule has 33 heavy (non-hydrogen) atoms. The summed E-state index contributed by atoms with van der Waals surface area (Å²) in [6, 6.07) is 2.16. The number of nitrogens with zero attached hydrogens (tertiary/aromatic N) is 2. The molecule has 0 saturated carbocycles. The monoisotopic (exact) mass is 470 g/mol. The van der Waals surface area contributed by atoms with E-state index in [2.05, 4.69) is 29.5 Å². The van der Waals surface area contributed by atoms with Gasteiger partial charge in [0.15, 0.2) is 0 Å². The number of esters is 2. The highest BCUT2D eigenvalue weighted by molar-refractivity contribution is 5.87. The number of ether oxygens (including phenoxy) is 3. The highest BCUT2D eigenvalue weighted by atomic mass is 19.4. The molecule has 2 heterocycles. The molecule has 0 saturated heterocycles. The van der Waals surface area contributed by atoms with Gasteiger partial charge in [0.2, 0.25) is 0 Å². The summed E-state index contributed by atoms with van der Waals surface area (Å²) in [5, 5.41) is 2.40. The van der Waals surface area contributed by atoms with Crippen molar-refractivity contribution < 1.29 is 41.8 Å². The number of imidazole rings is 1. The predicted octanol–water partition coefficient (Wildman–Crippen LogP) is 2.07. The molecular formula is C20H21F3N4O6. The molecule has 0 fully saturated rings. The van der Waals surface area contributed by atoms with Crippen molar-refractivity contribution in [1.29, 1.82) is 0 Å². The van der Waals surface area contributed by atoms with Crippen molar-refractivity contribution in [3.63, 3.8) is 0 Å². The number of para-hydroxylation sites is 1. The van der Waals surface area contributed by atoms with Crippen molar-refractivity contribution in [2.24, 2.45) is 0 Å². The van der Waals surface area contributed by atoms with Crippen LogP contribution in [0, 0.1) is 0 Å². The number of carbonyl (C=O) groups excluding carboxylic acids is 3. The third kappa shape index (κ3) is 5.54. The lowest BCUT2D eigenvalue weighted by atomic mass is 9.95. The molecule has 1 aromatic heterocycles. The van der Waals surface area contributed by atoms with Gasteiger partial charge < -0.3 is 29.4 Å². The van der Waals surface area contributed by atoms with Gasteiger partial charge in [-0.1, -0.05) is 18.2 Å². The molecule has 0 radical (unpaired) electrons. The number of halogens is 3. The Morgan fingerprint density at radius 1 is 1.24 bits per heavy atom. The summed E-state index contributed by atoms with van der Waals surface area (Å²) in [5.74, 6) is -2.15. The maximum Gasteiger partial charge on any atom is 0.573 e. The lowest BCUT2D eigenvalue weighted by molar-refractivity contribution is -0.275. The van der Waals surface area contributed by atoms with Gasteiger partial charge in [-0.2, -0.15) is 0 Å². The Morgan fingerprint density at radius 3 is 2.64 bits per heavy atom. The average Bonchev–Trinajstić information content (AvgIpc) is 3.25. The normalized spacial score (nSPS) is 16.4. The Hall–Kier alpha value is -3.77. The molecule has 178 valence electrons. The number of methoxy groups -OCH3 is 2. The molecule has 10 nitrogen and oxygen atoms in total. The van der Waals surface area contributed by atoms with Crippen LogP contribution in [0.2, 0.25) is 0 Å². The minimum atomic E-state index is -4.96. The Bertz CT molecular complexity index is 1030. The maximum atomic E-state index is 13.2. The van der Waals surface area contributed by atoms with Crippen LogP contribution in [0.3, 0.4) is 0 Å². The van der Waals surface area contributed by atoms with E-state index in [-0.39, 0.29) is 12.1 Å². The van der Waals surface area contributed by atoms with Gasteiger partial charge in [0.05, 0.1) is 32.7 Å². The number of hydrogen-bond acceptors (Lipinski definition) is 7. The molecule has 1 aromatic carbocycles. The second-order valence-corrected chi connectivity index (χ2v) is 7.00. The number of amides is 2. The summed E-state index contributed by atoms with van der Waals surface area (Å²) in [6.45, 7) is 0.0815. The molecule has 0 spiro atoms. The lowest BCUT2D eigenvalue weighted by Crippen LogP contribution is -2.52. The molecule has 0 unspecified atom stereocenters. The van der Waals surface area contributed by atoms with Crippen LogP contribution in [0.4, 0.5) is 18.0 Å². The second-order valence-electron chi connectivity index (χ2n) is 7.00. The Balaban J connectivity index is 1.97. The molecule has 2 aromatic rings. The molecule has 3 rings (SSSR count). The molecule has 2 amide bonds. The van der Waals surface area contributed by atoms with E-state index in [1.807, 2.05) is 0 Å². The molecule has 1 aliphatic rings. The first-order valence-corrected chi connectivity index (χ1v) is 9.73. The maximum absolute atomic E-state index is 13.2. The average molecular weight is 470 g/mol. The summed E-state index contributed by atoms with van der Waals surface area (Å²) in [4.78, 5) is 45.2. The molecule has 0 aliphatic carbocycles. The second kappa shape index (κ2) is 9.79. The zero-order valence-electron chi connectivity index (χ0n) is 17.6. The van der Waals surface area contributed by atoms with Crippen molar-refractivity contribution in [2.45, 2.75) is 31.3 Å². The topological polar surface area (TPSA) is 123 Å². The largest absolute Gasteiger partial charge is 0.573 e. The van der Waals surface area contributed by atoms with Crippen LogP contribution < -0.4 is 10.1 Å². The van der Waals surface area contributed by atoms with Crippen molar-refractivity contribution in [1.82, 2.24) is 20.2 Å². The highest BCUT2D eigenvalue weighted by Crippen LogP contribution is 2.39. The summed E-state index contributed by atoms with van der Waals surface area (Å²) < 4.78 is 52.4. The van der Waals surface area contributed by atoms with Crippen LogP contribution in [-0.4, -0.2) is 66.0 Å². The number of aromatic nitrogens is 2. The van der Waals surface area contributed by atoms with Gasteiger partial charge in [-0.25, -0.2) is 14.6 Å². The standard InChI is InChI=1S/C20H21F3N4O6/c1-31-15(28)9-13(18(29)32-2)26-19(30)27-8-7-12-16(25-10-24-12)17(27)11-5-3-4-6-14(11)33-20(21,22)23/h3-6,10,13,17H,7-9H2,1-2H3,(H,24,25)(H,26,30)/t13-,17-/m0/s1. The van der Waals surface area contributed by atoms with Crippen LogP contribution in [0.25, 0.3) is 0 Å². The highest BCUT2D eigenvalue weighted by Gasteiger charge is 2.39. The van der Waals surface area contributed by atoms with Gasteiger partial charge in [-0.3, -0.25) is 4.79 Å². The van der Waals surface area contributed by atoms with Crippen molar-refractivity contribution >= 4 is 18.0 Å². The summed E-state index contributed by atoms with van der Waals surface area (Å²) >= 11 is 0. The first-order chi connectivity index (χ1) is 15.6. The number of urea groups is 1. The van der Waals surface area contributed by atoms with Gasteiger partial charge >= 0.3 is 24.3 Å². The zero-order valence-corrected chi connectivity index (χ0v) is 17.6. The number of H-pyrrole nitrogens is 1. The summed E-state index contributed by atoms with van der Waals surface area (Å²) in [5.41, 5.74) is 1.02. The lowest BCUT2D eigenvalue weighted by Gasteiger charge is -2.36. The van der Waals surface area contributed by atoms with Crippen LogP contribution in [0.5, 0.6) is 5.75 Å². The number of carbonyl (C=O) groups is 3. The van der Waals surface area contributed by atoms with Gasteiger partial charge in [0, 0.05) is 24.2 Å². The predicted molar refractivity (Wildman–Crippen MR) is 105 cm³/mol. The van der Waals surface area contributed by atoms with Crippen LogP contribution >= 0.6 is 0 Å². The number of benzene rings is 1. The smallest absolute Gasteiger partial charge is 0.469 e. The third-order valence-electron chi connectivity index (χ3n) is 5.01. The van der Waals surface area contributed by atoms with Gasteiger partial charge in [-0.05, 0) is 6.07 Å². The number of alkyl halides is 3. The fraction of sp³-hybridized carbons (Fsp3) is 0.400. The SMILES string of the molecule is COC(=O)C[C@H](NC(=O)N1CCc2[nH]cnc2[C@@H]1c1ccccc1OC(F)(F)F)C(=O)OC. The van der Waals surface area contributed by atoms with E-state index in [0.717, 1.165) is 20.3 Å². The van der Waals surface area contributed by atoms with Gasteiger partial charge in [-0.15, -0.1) is 13.2 Å². The van der Waals surface area contributed by atoms with E-state index >= 15 is 0 Å². The quantitative estimate of drug-likeness (QED) is 0.620. The summed E-state index contributed by atoms with van der Waals surface area (Å²) in [6.07, 6.45) is -3.74. The van der Waals surface area contributed by atoms with E-state index in [4.69, 9.17) is 0 Å². The van der Waals surface area contributed by atoms with E-state index in [9.17, 15) is 27.6 Å². The molecular weight excluding hydrogens is 449 g/mol. The molecule has 1 aliphatic heterocycles. The number of hydrogen-bond donors (Lipinski definition) is 2. The third-order valence-corrected chi connectivity index (χ3v) is 5.01. The first-order valence-electron chi connectivity index (χ1n) is 9.73. The van der Waals surface area contributed by atoms with E-state index in [1.165, 1.54) is 29.4 Å². The Morgan fingerprint density at radius 2 is 1.97 bits per heavy atom. The number of rotatable bonds is 6. The number of nitrogens with one attached hydrogen (secondary N) is 2. The zero-order chi connectivity index (χ0) is 24.2. The summed E-state index contributed by atoms with van der Waals surface area (Å²) in [7, 11) is 2.21. The van der Waals surface area contributed by atoms with Crippen molar-refractivity contribution in [3.8, 4) is 5.75 Å². The molecule has 2 N–H and O–H groups in total. The molecule has 0 bridgehead atoms. The van der Waals surface area contributed by atoms with Gasteiger partial charge in [0.25, 0.3) is 0 Å². The Labute approximate surface area is 186 Å². The molecule has 13 heteroatoms. The Kier molecular flexibility index (Phi) is 7.09. The number of fused-ring (bicyclic) bond motifs is 1. The van der Waals surface area contributed by atoms with E-state index in [1.54, 1.807) is 0 Å². The van der Waals surface area contributed by atoms with E-state index in [0.29, 0.717) is 17.8 Å². The van der Waals surface area contributed by atoms with Crippen molar-refractivity contribution in [3.05, 3.63) is 47.5 Å². The number of aromatic amines is 1.